The highest BCUT2D eigenvalue weighted by Crippen LogP contribution is 2.21. The van der Waals surface area contributed by atoms with E-state index in [1.165, 1.54) is 6.08 Å². The molecule has 0 saturated carbocycles. The third kappa shape index (κ3) is 1.51. The van der Waals surface area contributed by atoms with E-state index in [1.807, 2.05) is 18.2 Å². The highest BCUT2D eigenvalue weighted by Gasteiger charge is 2.13. The van der Waals surface area contributed by atoms with E-state index in [0.717, 1.165) is 0 Å². The fourth-order valence-corrected chi connectivity index (χ4v) is 1.04. The molecule has 12 heavy (non-hydrogen) atoms. The maximum atomic E-state index is 8.58. The van der Waals surface area contributed by atoms with E-state index in [9.17, 15) is 0 Å². The summed E-state index contributed by atoms with van der Waals surface area (Å²) in [7, 11) is 0. The molecule has 0 N–H and O–H groups in total. The van der Waals surface area contributed by atoms with Crippen molar-refractivity contribution in [2.45, 2.75) is 6.42 Å². The highest BCUT2D eigenvalue weighted by atomic mass is 14.3. The van der Waals surface area contributed by atoms with Gasteiger partial charge in [-0.25, -0.2) is 0 Å². The van der Waals surface area contributed by atoms with E-state index < -0.39 is 0 Å². The van der Waals surface area contributed by atoms with Crippen LogP contribution in [0.5, 0.6) is 0 Å². The minimum absolute atomic E-state index is 0.320. The van der Waals surface area contributed by atoms with E-state index >= 15 is 0 Å². The topological polar surface area (TPSA) is 71.4 Å². The number of nitriles is 3. The molecule has 0 saturated heterocycles. The third-order valence-corrected chi connectivity index (χ3v) is 1.59. The fraction of sp³-hybridized carbons (Fsp3) is 0.222. The second kappa shape index (κ2) is 3.37. The number of hydrogen-bond acceptors (Lipinski definition) is 3. The Hall–Kier alpha value is -2.05. The maximum Gasteiger partial charge on any atom is 0.0989 e. The Bertz CT molecular complexity index is 368. The van der Waals surface area contributed by atoms with Crippen LogP contribution in [0.4, 0.5) is 0 Å². The molecule has 0 amide bonds. The molecule has 0 aromatic carbocycles. The number of rotatable bonds is 0. The molecule has 0 spiro atoms. The summed E-state index contributed by atoms with van der Waals surface area (Å²) in [6.45, 7) is 0. The first-order valence-corrected chi connectivity index (χ1v) is 3.42. The monoisotopic (exact) mass is 155 g/mol. The average Bonchev–Trinajstić information content (AvgIpc) is 2.16. The summed E-state index contributed by atoms with van der Waals surface area (Å²) >= 11 is 0. The summed E-state index contributed by atoms with van der Waals surface area (Å²) < 4.78 is 0. The highest BCUT2D eigenvalue weighted by molar-refractivity contribution is 5.44. The summed E-state index contributed by atoms with van der Waals surface area (Å²) in [6, 6.07) is 5.88. The molecule has 0 aliphatic heterocycles. The average molecular weight is 155 g/mol. The molecular formula is C9H5N3. The number of allylic oxidation sites excluding steroid dienone is 4. The van der Waals surface area contributed by atoms with Gasteiger partial charge >= 0.3 is 0 Å². The van der Waals surface area contributed by atoms with Crippen molar-refractivity contribution in [2.75, 3.05) is 0 Å². The molecule has 0 aromatic rings. The van der Waals surface area contributed by atoms with Crippen LogP contribution in [-0.4, -0.2) is 0 Å². The van der Waals surface area contributed by atoms with E-state index in [-0.39, 0.29) is 5.92 Å². The molecule has 56 valence electrons. The SMILES string of the molecule is N#CC1=CC(C#N)CC(C#N)=C1. The van der Waals surface area contributed by atoms with E-state index in [4.69, 9.17) is 15.8 Å². The molecule has 0 heterocycles. The second-order valence-electron chi connectivity index (χ2n) is 2.45. The summed E-state index contributed by atoms with van der Waals surface area (Å²) in [4.78, 5) is 0. The van der Waals surface area contributed by atoms with Crippen LogP contribution < -0.4 is 0 Å². The first-order chi connectivity index (χ1) is 5.80. The smallest absolute Gasteiger partial charge is 0.0989 e. The molecule has 0 radical (unpaired) electrons. The molecular weight excluding hydrogens is 150 g/mol. The zero-order valence-electron chi connectivity index (χ0n) is 6.28. The normalized spacial score (nSPS) is 20.9. The number of hydrogen-bond donors (Lipinski definition) is 0. The summed E-state index contributed by atoms with van der Waals surface area (Å²) in [5.74, 6) is -0.320. The Morgan fingerprint density at radius 1 is 1.25 bits per heavy atom. The molecule has 1 rings (SSSR count). The zero-order valence-corrected chi connectivity index (χ0v) is 6.28. The van der Waals surface area contributed by atoms with Gasteiger partial charge in [0.05, 0.1) is 29.7 Å². The van der Waals surface area contributed by atoms with Crippen molar-refractivity contribution in [3.05, 3.63) is 23.3 Å². The largest absolute Gasteiger partial charge is 0.198 e. The van der Waals surface area contributed by atoms with Crippen LogP contribution in [0.3, 0.4) is 0 Å². The Labute approximate surface area is 70.5 Å². The molecule has 3 heteroatoms. The van der Waals surface area contributed by atoms with Gasteiger partial charge in [0.25, 0.3) is 0 Å². The molecule has 1 aliphatic carbocycles. The molecule has 1 unspecified atom stereocenters. The fourth-order valence-electron chi connectivity index (χ4n) is 1.04. The van der Waals surface area contributed by atoms with Gasteiger partial charge in [0.1, 0.15) is 0 Å². The van der Waals surface area contributed by atoms with Crippen molar-refractivity contribution in [3.63, 3.8) is 0 Å². The second-order valence-corrected chi connectivity index (χ2v) is 2.45. The van der Waals surface area contributed by atoms with Gasteiger partial charge < -0.3 is 0 Å². The van der Waals surface area contributed by atoms with Gasteiger partial charge in [-0.3, -0.25) is 0 Å². The quantitative estimate of drug-likeness (QED) is 0.531. The van der Waals surface area contributed by atoms with E-state index in [2.05, 4.69) is 0 Å². The van der Waals surface area contributed by atoms with Crippen molar-refractivity contribution < 1.29 is 0 Å². The van der Waals surface area contributed by atoms with Crippen molar-refractivity contribution in [2.24, 2.45) is 5.92 Å². The van der Waals surface area contributed by atoms with Crippen LogP contribution in [-0.2, 0) is 0 Å². The van der Waals surface area contributed by atoms with Gasteiger partial charge in [0.15, 0.2) is 0 Å². The lowest BCUT2D eigenvalue weighted by atomic mass is 9.92. The Morgan fingerprint density at radius 3 is 2.50 bits per heavy atom. The lowest BCUT2D eigenvalue weighted by Crippen LogP contribution is -2.00. The Kier molecular flexibility index (Phi) is 2.26. The van der Waals surface area contributed by atoms with Crippen molar-refractivity contribution >= 4 is 0 Å². The summed E-state index contributed by atoms with van der Waals surface area (Å²) in [5.41, 5.74) is 0.907. The van der Waals surface area contributed by atoms with Crippen LogP contribution >= 0.6 is 0 Å². The molecule has 1 aliphatic rings. The standard InChI is InChI=1S/C9H5N3/c10-4-7-1-8(5-11)3-9(2-7)6-12/h1-2,8H,3H2. The third-order valence-electron chi connectivity index (χ3n) is 1.59. The number of nitrogens with zero attached hydrogens (tertiary/aromatic N) is 3. The van der Waals surface area contributed by atoms with Gasteiger partial charge in [-0.05, 0) is 12.2 Å². The molecule has 0 bridgehead atoms. The molecule has 1 atom stereocenters. The first kappa shape index (κ1) is 8.05. The first-order valence-electron chi connectivity index (χ1n) is 3.42. The Balaban J connectivity index is 2.98. The van der Waals surface area contributed by atoms with Gasteiger partial charge in [0, 0.05) is 12.0 Å². The van der Waals surface area contributed by atoms with Crippen LogP contribution in [0.1, 0.15) is 6.42 Å². The molecule has 0 fully saturated rings. The van der Waals surface area contributed by atoms with Crippen LogP contribution in [0, 0.1) is 39.9 Å². The van der Waals surface area contributed by atoms with Gasteiger partial charge in [-0.15, -0.1) is 0 Å². The lowest BCUT2D eigenvalue weighted by molar-refractivity contribution is 0.809. The van der Waals surface area contributed by atoms with E-state index in [0.29, 0.717) is 17.6 Å². The minimum Gasteiger partial charge on any atom is -0.198 e. The van der Waals surface area contributed by atoms with Crippen LogP contribution in [0.25, 0.3) is 0 Å². The summed E-state index contributed by atoms with van der Waals surface area (Å²) in [5, 5.41) is 25.7. The minimum atomic E-state index is -0.320. The van der Waals surface area contributed by atoms with Gasteiger partial charge in [0.2, 0.25) is 0 Å². The van der Waals surface area contributed by atoms with Crippen LogP contribution in [0.2, 0.25) is 0 Å². The molecule has 3 nitrogen and oxygen atoms in total. The van der Waals surface area contributed by atoms with Crippen molar-refractivity contribution in [1.29, 1.82) is 15.8 Å². The lowest BCUT2D eigenvalue weighted by Gasteiger charge is -2.07. The summed E-state index contributed by atoms with van der Waals surface area (Å²) in [6.07, 6.45) is 3.53. The van der Waals surface area contributed by atoms with Crippen LogP contribution in [0.15, 0.2) is 23.3 Å². The van der Waals surface area contributed by atoms with Crippen molar-refractivity contribution in [3.8, 4) is 18.2 Å². The van der Waals surface area contributed by atoms with Gasteiger partial charge in [-0.1, -0.05) is 0 Å². The predicted octanol–water partition coefficient (Wildman–Crippen LogP) is 1.43. The van der Waals surface area contributed by atoms with Gasteiger partial charge in [-0.2, -0.15) is 15.8 Å². The molecule has 0 aromatic heterocycles. The zero-order chi connectivity index (χ0) is 8.97. The van der Waals surface area contributed by atoms with E-state index in [1.54, 1.807) is 6.08 Å². The van der Waals surface area contributed by atoms with Crippen molar-refractivity contribution in [1.82, 2.24) is 0 Å². The maximum absolute atomic E-state index is 8.58. The predicted molar refractivity (Wildman–Crippen MR) is 41.1 cm³/mol. The Morgan fingerprint density at radius 2 is 2.00 bits per heavy atom.